The van der Waals surface area contributed by atoms with Crippen molar-refractivity contribution in [3.63, 3.8) is 0 Å². The molecule has 1 aromatic carbocycles. The van der Waals surface area contributed by atoms with Crippen LogP contribution in [-0.2, 0) is 0 Å². The van der Waals surface area contributed by atoms with Gasteiger partial charge >= 0.3 is 0 Å². The van der Waals surface area contributed by atoms with E-state index in [1.165, 1.54) is 0 Å². The SMILES string of the molecule is CNCCC=Cc1cc(F)c(F)cc1N. The molecule has 0 amide bonds. The Kier molecular flexibility index (Phi) is 4.24. The van der Waals surface area contributed by atoms with Crippen molar-refractivity contribution in [1.29, 1.82) is 0 Å². The predicted molar refractivity (Wildman–Crippen MR) is 58.3 cm³/mol. The Morgan fingerprint density at radius 3 is 2.67 bits per heavy atom. The average Bonchev–Trinajstić information content (AvgIpc) is 2.20. The second kappa shape index (κ2) is 5.46. The van der Waals surface area contributed by atoms with Crippen LogP contribution >= 0.6 is 0 Å². The van der Waals surface area contributed by atoms with Crippen LogP contribution in [0.2, 0.25) is 0 Å². The highest BCUT2D eigenvalue weighted by Crippen LogP contribution is 2.18. The van der Waals surface area contributed by atoms with Crippen LogP contribution in [0, 0.1) is 11.6 Å². The van der Waals surface area contributed by atoms with E-state index in [0.29, 0.717) is 5.56 Å². The van der Waals surface area contributed by atoms with Crippen molar-refractivity contribution in [2.45, 2.75) is 6.42 Å². The molecule has 0 aliphatic carbocycles. The Labute approximate surface area is 87.8 Å². The van der Waals surface area contributed by atoms with Crippen LogP contribution in [0.1, 0.15) is 12.0 Å². The van der Waals surface area contributed by atoms with Gasteiger partial charge in [0.05, 0.1) is 0 Å². The first kappa shape index (κ1) is 11.7. The summed E-state index contributed by atoms with van der Waals surface area (Å²) in [7, 11) is 1.85. The minimum Gasteiger partial charge on any atom is -0.398 e. The fourth-order valence-corrected chi connectivity index (χ4v) is 1.16. The molecule has 0 unspecified atom stereocenters. The fraction of sp³-hybridized carbons (Fsp3) is 0.273. The van der Waals surface area contributed by atoms with Gasteiger partial charge in [-0.1, -0.05) is 12.2 Å². The van der Waals surface area contributed by atoms with Gasteiger partial charge < -0.3 is 11.1 Å². The largest absolute Gasteiger partial charge is 0.398 e. The molecule has 0 atom stereocenters. The number of halogens is 2. The summed E-state index contributed by atoms with van der Waals surface area (Å²) >= 11 is 0. The van der Waals surface area contributed by atoms with Crippen LogP contribution in [0.4, 0.5) is 14.5 Å². The molecule has 0 fully saturated rings. The number of benzene rings is 1. The zero-order valence-electron chi connectivity index (χ0n) is 8.56. The summed E-state index contributed by atoms with van der Waals surface area (Å²) in [6.45, 7) is 0.833. The summed E-state index contributed by atoms with van der Waals surface area (Å²) in [5.74, 6) is -1.79. The maximum Gasteiger partial charge on any atom is 0.160 e. The number of hydrogen-bond acceptors (Lipinski definition) is 2. The van der Waals surface area contributed by atoms with Gasteiger partial charge in [-0.25, -0.2) is 8.78 Å². The van der Waals surface area contributed by atoms with E-state index in [1.54, 1.807) is 6.08 Å². The Bertz CT molecular complexity index is 362. The third kappa shape index (κ3) is 3.32. The van der Waals surface area contributed by atoms with Crippen molar-refractivity contribution in [2.75, 3.05) is 19.3 Å². The quantitative estimate of drug-likeness (QED) is 0.593. The van der Waals surface area contributed by atoms with Crippen molar-refractivity contribution in [2.24, 2.45) is 0 Å². The molecule has 0 saturated heterocycles. The van der Waals surface area contributed by atoms with Crippen molar-refractivity contribution < 1.29 is 8.78 Å². The van der Waals surface area contributed by atoms with Crippen LogP contribution in [0.15, 0.2) is 18.2 Å². The normalized spacial score (nSPS) is 11.1. The van der Waals surface area contributed by atoms with Gasteiger partial charge in [0, 0.05) is 17.3 Å². The first-order valence-electron chi connectivity index (χ1n) is 4.71. The van der Waals surface area contributed by atoms with Gasteiger partial charge in [0.2, 0.25) is 0 Å². The van der Waals surface area contributed by atoms with Crippen LogP contribution in [0.5, 0.6) is 0 Å². The molecule has 82 valence electrons. The molecule has 4 heteroatoms. The maximum atomic E-state index is 12.9. The number of nitrogen functional groups attached to an aromatic ring is 1. The van der Waals surface area contributed by atoms with Gasteiger partial charge in [-0.05, 0) is 26.1 Å². The molecule has 2 nitrogen and oxygen atoms in total. The molecule has 0 saturated carbocycles. The van der Waals surface area contributed by atoms with Crippen LogP contribution in [0.3, 0.4) is 0 Å². The van der Waals surface area contributed by atoms with E-state index >= 15 is 0 Å². The van der Waals surface area contributed by atoms with Gasteiger partial charge in [-0.15, -0.1) is 0 Å². The lowest BCUT2D eigenvalue weighted by atomic mass is 10.1. The van der Waals surface area contributed by atoms with Crippen molar-refractivity contribution in [3.8, 4) is 0 Å². The van der Waals surface area contributed by atoms with Crippen LogP contribution in [-0.4, -0.2) is 13.6 Å². The topological polar surface area (TPSA) is 38.0 Å². The summed E-state index contributed by atoms with van der Waals surface area (Å²) in [4.78, 5) is 0. The van der Waals surface area contributed by atoms with E-state index in [4.69, 9.17) is 5.73 Å². The summed E-state index contributed by atoms with van der Waals surface area (Å²) < 4.78 is 25.6. The van der Waals surface area contributed by atoms with E-state index in [-0.39, 0.29) is 5.69 Å². The zero-order chi connectivity index (χ0) is 11.3. The lowest BCUT2D eigenvalue weighted by Gasteiger charge is -2.01. The minimum absolute atomic E-state index is 0.245. The second-order valence-corrected chi connectivity index (χ2v) is 3.19. The summed E-state index contributed by atoms with van der Waals surface area (Å²) in [5, 5.41) is 2.97. The van der Waals surface area contributed by atoms with E-state index in [0.717, 1.165) is 25.1 Å². The molecule has 3 N–H and O–H groups in total. The summed E-state index contributed by atoms with van der Waals surface area (Å²) in [6.07, 6.45) is 4.36. The van der Waals surface area contributed by atoms with Crippen molar-refractivity contribution in [3.05, 3.63) is 35.4 Å². The molecule has 0 aliphatic heterocycles. The standard InChI is InChI=1S/C11H14F2N2/c1-15-5-3-2-4-8-6-9(12)10(13)7-11(8)14/h2,4,6-7,15H,3,5,14H2,1H3. The molecule has 0 bridgehead atoms. The summed E-state index contributed by atoms with van der Waals surface area (Å²) in [6, 6.07) is 2.09. The summed E-state index contributed by atoms with van der Waals surface area (Å²) in [5.41, 5.74) is 6.28. The van der Waals surface area contributed by atoms with E-state index in [2.05, 4.69) is 5.32 Å². The Hall–Kier alpha value is -1.42. The van der Waals surface area contributed by atoms with E-state index < -0.39 is 11.6 Å². The molecule has 0 aliphatic rings. The molecule has 0 heterocycles. The number of nitrogens with two attached hydrogens (primary N) is 1. The lowest BCUT2D eigenvalue weighted by Crippen LogP contribution is -2.05. The highest BCUT2D eigenvalue weighted by molar-refractivity contribution is 5.64. The van der Waals surface area contributed by atoms with Gasteiger partial charge in [0.1, 0.15) is 0 Å². The molecule has 0 spiro atoms. The highest BCUT2D eigenvalue weighted by Gasteiger charge is 2.04. The Morgan fingerprint density at radius 1 is 1.33 bits per heavy atom. The molecule has 0 aromatic heterocycles. The molecule has 0 radical (unpaired) electrons. The lowest BCUT2D eigenvalue weighted by molar-refractivity contribution is 0.509. The number of nitrogens with one attached hydrogen (secondary N) is 1. The van der Waals surface area contributed by atoms with Gasteiger partial charge in [0.25, 0.3) is 0 Å². The molecular weight excluding hydrogens is 198 g/mol. The third-order valence-corrected chi connectivity index (χ3v) is 1.98. The van der Waals surface area contributed by atoms with E-state index in [1.807, 2.05) is 13.1 Å². The molecule has 15 heavy (non-hydrogen) atoms. The van der Waals surface area contributed by atoms with Crippen molar-refractivity contribution in [1.82, 2.24) is 5.32 Å². The minimum atomic E-state index is -0.917. The Morgan fingerprint density at radius 2 is 2.00 bits per heavy atom. The van der Waals surface area contributed by atoms with Crippen molar-refractivity contribution >= 4 is 11.8 Å². The maximum absolute atomic E-state index is 12.9. The van der Waals surface area contributed by atoms with Gasteiger partial charge in [-0.2, -0.15) is 0 Å². The van der Waals surface area contributed by atoms with Gasteiger partial charge in [-0.3, -0.25) is 0 Å². The number of hydrogen-bond donors (Lipinski definition) is 2. The smallest absolute Gasteiger partial charge is 0.160 e. The highest BCUT2D eigenvalue weighted by atomic mass is 19.2. The fourth-order valence-electron chi connectivity index (χ4n) is 1.16. The average molecular weight is 212 g/mol. The molecular formula is C11H14F2N2. The first-order chi connectivity index (χ1) is 7.15. The van der Waals surface area contributed by atoms with E-state index in [9.17, 15) is 8.78 Å². The monoisotopic (exact) mass is 212 g/mol. The van der Waals surface area contributed by atoms with Crippen LogP contribution < -0.4 is 11.1 Å². The second-order valence-electron chi connectivity index (χ2n) is 3.19. The van der Waals surface area contributed by atoms with Crippen LogP contribution in [0.25, 0.3) is 6.08 Å². The zero-order valence-corrected chi connectivity index (χ0v) is 8.56. The number of anilines is 1. The Balaban J connectivity index is 2.77. The van der Waals surface area contributed by atoms with Gasteiger partial charge in [0.15, 0.2) is 11.6 Å². The third-order valence-electron chi connectivity index (χ3n) is 1.98. The molecule has 1 rings (SSSR count). The predicted octanol–water partition coefficient (Wildman–Crippen LogP) is 2.17. The number of rotatable bonds is 4. The first-order valence-corrected chi connectivity index (χ1v) is 4.71. The molecule has 1 aromatic rings.